The van der Waals surface area contributed by atoms with Crippen molar-refractivity contribution in [2.45, 2.75) is 13.5 Å². The molecule has 5 nitrogen and oxygen atoms in total. The minimum absolute atomic E-state index is 0.186. The Hall–Kier alpha value is -2.69. The van der Waals surface area contributed by atoms with Crippen LogP contribution in [0.3, 0.4) is 0 Å². The Labute approximate surface area is 116 Å². The van der Waals surface area contributed by atoms with E-state index in [0.29, 0.717) is 17.9 Å². The second kappa shape index (κ2) is 5.13. The molecule has 5 heteroatoms. The molecule has 2 aromatic heterocycles. The van der Waals surface area contributed by atoms with E-state index in [1.165, 1.54) is 5.56 Å². The lowest BCUT2D eigenvalue weighted by atomic mass is 10.1. The van der Waals surface area contributed by atoms with Gasteiger partial charge in [-0.1, -0.05) is 29.8 Å². The highest BCUT2D eigenvalue weighted by molar-refractivity contribution is 5.92. The van der Waals surface area contributed by atoms with E-state index in [9.17, 15) is 4.79 Å². The van der Waals surface area contributed by atoms with Gasteiger partial charge in [0.25, 0.3) is 5.91 Å². The predicted molar refractivity (Wildman–Crippen MR) is 75.3 cm³/mol. The number of fused-ring (bicyclic) bond motifs is 1. The summed E-state index contributed by atoms with van der Waals surface area (Å²) in [6.07, 6.45) is 6.74. The summed E-state index contributed by atoms with van der Waals surface area (Å²) in [6, 6.07) is 8.06. The van der Waals surface area contributed by atoms with Crippen LogP contribution in [0.1, 0.15) is 21.6 Å². The number of rotatable bonds is 3. The van der Waals surface area contributed by atoms with Crippen LogP contribution < -0.4 is 5.32 Å². The molecule has 3 rings (SSSR count). The van der Waals surface area contributed by atoms with E-state index in [1.54, 1.807) is 29.2 Å². The molecule has 100 valence electrons. The van der Waals surface area contributed by atoms with Crippen molar-refractivity contribution >= 4 is 11.6 Å². The molecule has 0 aliphatic carbocycles. The standard InChI is InChI=1S/C15H14N4O/c1-11-2-4-12(5-3-11)8-17-15(20)13-10-19-7-6-16-9-14(19)18-13/h2-7,9-10H,8H2,1H3,(H,17,20). The minimum Gasteiger partial charge on any atom is -0.347 e. The number of hydrogen-bond acceptors (Lipinski definition) is 3. The Bertz CT molecular complexity index is 713. The van der Waals surface area contributed by atoms with E-state index >= 15 is 0 Å². The van der Waals surface area contributed by atoms with E-state index < -0.39 is 0 Å². The molecule has 1 aromatic carbocycles. The molecule has 0 aliphatic rings. The Morgan fingerprint density at radius 1 is 1.30 bits per heavy atom. The lowest BCUT2D eigenvalue weighted by Gasteiger charge is -2.03. The van der Waals surface area contributed by atoms with E-state index in [2.05, 4.69) is 15.3 Å². The molecular formula is C15H14N4O. The Morgan fingerprint density at radius 2 is 2.10 bits per heavy atom. The van der Waals surface area contributed by atoms with Crippen molar-refractivity contribution in [1.82, 2.24) is 19.7 Å². The monoisotopic (exact) mass is 266 g/mol. The maximum absolute atomic E-state index is 12.0. The van der Waals surface area contributed by atoms with Crippen LogP contribution in [0.5, 0.6) is 0 Å². The zero-order chi connectivity index (χ0) is 13.9. The van der Waals surface area contributed by atoms with E-state index in [4.69, 9.17) is 0 Å². The van der Waals surface area contributed by atoms with Gasteiger partial charge in [0.2, 0.25) is 0 Å². The fourth-order valence-corrected chi connectivity index (χ4v) is 1.93. The molecular weight excluding hydrogens is 252 g/mol. The first-order valence-electron chi connectivity index (χ1n) is 6.35. The fourth-order valence-electron chi connectivity index (χ4n) is 1.93. The average Bonchev–Trinajstić information content (AvgIpc) is 2.90. The highest BCUT2D eigenvalue weighted by atomic mass is 16.1. The number of imidazole rings is 1. The largest absolute Gasteiger partial charge is 0.347 e. The van der Waals surface area contributed by atoms with Gasteiger partial charge in [-0.25, -0.2) is 4.98 Å². The normalized spacial score (nSPS) is 10.7. The Balaban J connectivity index is 1.71. The minimum atomic E-state index is -0.186. The quantitative estimate of drug-likeness (QED) is 0.788. The van der Waals surface area contributed by atoms with Crippen LogP contribution in [0.2, 0.25) is 0 Å². The summed E-state index contributed by atoms with van der Waals surface area (Å²) < 4.78 is 1.77. The van der Waals surface area contributed by atoms with Gasteiger partial charge in [0.05, 0.1) is 6.20 Å². The third-order valence-corrected chi connectivity index (χ3v) is 3.07. The lowest BCUT2D eigenvalue weighted by molar-refractivity contribution is 0.0946. The van der Waals surface area contributed by atoms with Gasteiger partial charge in [0.1, 0.15) is 5.69 Å². The van der Waals surface area contributed by atoms with Crippen molar-refractivity contribution in [3.63, 3.8) is 0 Å². The van der Waals surface area contributed by atoms with Gasteiger partial charge in [0, 0.05) is 25.1 Å². The van der Waals surface area contributed by atoms with Crippen molar-refractivity contribution in [1.29, 1.82) is 0 Å². The van der Waals surface area contributed by atoms with Crippen molar-refractivity contribution < 1.29 is 4.79 Å². The molecule has 0 saturated carbocycles. The fraction of sp³-hybridized carbons (Fsp3) is 0.133. The van der Waals surface area contributed by atoms with Crippen LogP contribution in [0.25, 0.3) is 5.65 Å². The molecule has 1 N–H and O–H groups in total. The van der Waals surface area contributed by atoms with Crippen LogP contribution >= 0.6 is 0 Å². The topological polar surface area (TPSA) is 59.3 Å². The van der Waals surface area contributed by atoms with E-state index in [1.807, 2.05) is 31.2 Å². The molecule has 0 radical (unpaired) electrons. The number of hydrogen-bond donors (Lipinski definition) is 1. The number of nitrogens with one attached hydrogen (secondary N) is 1. The van der Waals surface area contributed by atoms with Crippen LogP contribution in [-0.4, -0.2) is 20.3 Å². The summed E-state index contributed by atoms with van der Waals surface area (Å²) in [5, 5.41) is 2.86. The average molecular weight is 266 g/mol. The first-order valence-corrected chi connectivity index (χ1v) is 6.35. The van der Waals surface area contributed by atoms with Crippen LogP contribution in [-0.2, 0) is 6.54 Å². The maximum atomic E-state index is 12.0. The molecule has 2 heterocycles. The lowest BCUT2D eigenvalue weighted by Crippen LogP contribution is -2.23. The van der Waals surface area contributed by atoms with Crippen LogP contribution in [0, 0.1) is 6.92 Å². The van der Waals surface area contributed by atoms with E-state index in [0.717, 1.165) is 5.56 Å². The summed E-state index contributed by atoms with van der Waals surface area (Å²) in [5.74, 6) is -0.186. The van der Waals surface area contributed by atoms with Crippen molar-refractivity contribution in [3.8, 4) is 0 Å². The summed E-state index contributed by atoms with van der Waals surface area (Å²) in [7, 11) is 0. The molecule has 0 bridgehead atoms. The summed E-state index contributed by atoms with van der Waals surface area (Å²) in [4.78, 5) is 20.2. The Kier molecular flexibility index (Phi) is 3.16. The van der Waals surface area contributed by atoms with Crippen molar-refractivity contribution in [2.24, 2.45) is 0 Å². The molecule has 0 saturated heterocycles. The van der Waals surface area contributed by atoms with Gasteiger partial charge >= 0.3 is 0 Å². The van der Waals surface area contributed by atoms with E-state index in [-0.39, 0.29) is 5.91 Å². The number of carbonyl (C=O) groups is 1. The van der Waals surface area contributed by atoms with Gasteiger partial charge < -0.3 is 9.72 Å². The predicted octanol–water partition coefficient (Wildman–Crippen LogP) is 1.97. The first kappa shape index (κ1) is 12.3. The van der Waals surface area contributed by atoms with Crippen LogP contribution in [0.15, 0.2) is 49.1 Å². The number of carbonyl (C=O) groups excluding carboxylic acids is 1. The summed E-state index contributed by atoms with van der Waals surface area (Å²) in [6.45, 7) is 2.53. The maximum Gasteiger partial charge on any atom is 0.271 e. The second-order valence-corrected chi connectivity index (χ2v) is 4.64. The number of amides is 1. The van der Waals surface area contributed by atoms with Gasteiger partial charge in [0.15, 0.2) is 5.65 Å². The van der Waals surface area contributed by atoms with Crippen molar-refractivity contribution in [3.05, 3.63) is 65.9 Å². The third kappa shape index (κ3) is 2.51. The summed E-state index contributed by atoms with van der Waals surface area (Å²) >= 11 is 0. The van der Waals surface area contributed by atoms with Crippen molar-refractivity contribution in [2.75, 3.05) is 0 Å². The Morgan fingerprint density at radius 3 is 2.85 bits per heavy atom. The molecule has 20 heavy (non-hydrogen) atoms. The third-order valence-electron chi connectivity index (χ3n) is 3.07. The molecule has 0 aliphatic heterocycles. The molecule has 0 fully saturated rings. The highest BCUT2D eigenvalue weighted by Crippen LogP contribution is 2.05. The van der Waals surface area contributed by atoms with Gasteiger partial charge in [-0.3, -0.25) is 9.78 Å². The first-order chi connectivity index (χ1) is 9.72. The zero-order valence-electron chi connectivity index (χ0n) is 11.1. The smallest absolute Gasteiger partial charge is 0.271 e. The molecule has 0 unspecified atom stereocenters. The number of aromatic nitrogens is 3. The molecule has 0 spiro atoms. The zero-order valence-corrected chi connectivity index (χ0v) is 11.1. The van der Waals surface area contributed by atoms with Gasteiger partial charge in [-0.2, -0.15) is 0 Å². The second-order valence-electron chi connectivity index (χ2n) is 4.64. The number of nitrogens with zero attached hydrogens (tertiary/aromatic N) is 3. The number of benzene rings is 1. The molecule has 0 atom stereocenters. The molecule has 1 amide bonds. The van der Waals surface area contributed by atoms with Gasteiger partial charge in [-0.05, 0) is 12.5 Å². The highest BCUT2D eigenvalue weighted by Gasteiger charge is 2.10. The van der Waals surface area contributed by atoms with Crippen LogP contribution in [0.4, 0.5) is 0 Å². The van der Waals surface area contributed by atoms with Gasteiger partial charge in [-0.15, -0.1) is 0 Å². The molecule has 3 aromatic rings. The summed E-state index contributed by atoms with van der Waals surface area (Å²) in [5.41, 5.74) is 3.32. The SMILES string of the molecule is Cc1ccc(CNC(=O)c2cn3ccncc3n2)cc1. The number of aryl methyl sites for hydroxylation is 1.